The average Bonchev–Trinajstić information content (AvgIpc) is 2.64. The molecule has 0 aliphatic carbocycles. The molecule has 0 bridgehead atoms. The van der Waals surface area contributed by atoms with Gasteiger partial charge in [0.1, 0.15) is 26.1 Å². The van der Waals surface area contributed by atoms with Crippen LogP contribution in [0.1, 0.15) is 32.6 Å². The molecule has 0 saturated heterocycles. The molecule has 0 radical (unpaired) electrons. The highest BCUT2D eigenvalue weighted by Crippen LogP contribution is 2.25. The Hall–Kier alpha value is -2.20. The molecule has 1 atom stereocenters. The summed E-state index contributed by atoms with van der Waals surface area (Å²) in [6.07, 6.45) is -0.222. The minimum Gasteiger partial charge on any atom is -0.465 e. The van der Waals surface area contributed by atoms with E-state index < -0.39 is 23.6 Å². The van der Waals surface area contributed by atoms with E-state index in [0.29, 0.717) is 6.42 Å². The van der Waals surface area contributed by atoms with Crippen molar-refractivity contribution in [2.75, 3.05) is 39.5 Å². The van der Waals surface area contributed by atoms with Crippen LogP contribution in [-0.2, 0) is 23.8 Å². The van der Waals surface area contributed by atoms with E-state index in [1.807, 2.05) is 6.92 Å². The second-order valence-corrected chi connectivity index (χ2v) is 5.83. The fourth-order valence-corrected chi connectivity index (χ4v) is 1.85. The van der Waals surface area contributed by atoms with E-state index in [9.17, 15) is 14.7 Å². The van der Waals surface area contributed by atoms with Gasteiger partial charge in [-0.2, -0.15) is 0 Å². The van der Waals surface area contributed by atoms with Gasteiger partial charge in [0.2, 0.25) is 0 Å². The maximum Gasteiger partial charge on any atom is 0.313 e. The standard InChI is InChI=1S/C17H29N3O6/c1-4-17(11-24-14(21)5-8-18,12-25-15(22)6-9-19-2)13-26-16(23)7-10-20-3/h2-3,14,21H,4-13,18H2,1H3/q+2. The number of rotatable bonds is 14. The summed E-state index contributed by atoms with van der Waals surface area (Å²) < 4.78 is 15.9. The Morgan fingerprint density at radius 3 is 1.96 bits per heavy atom. The van der Waals surface area contributed by atoms with Gasteiger partial charge >= 0.3 is 11.9 Å². The normalized spacial score (nSPS) is 11.9. The minimum atomic E-state index is -1.05. The molecule has 9 nitrogen and oxygen atoms in total. The van der Waals surface area contributed by atoms with Crippen LogP contribution in [0.25, 0.3) is 9.69 Å². The van der Waals surface area contributed by atoms with Crippen LogP contribution in [0.5, 0.6) is 0 Å². The quantitative estimate of drug-likeness (QED) is 0.343. The van der Waals surface area contributed by atoms with Crippen LogP contribution in [0.3, 0.4) is 0 Å². The molecule has 0 aliphatic rings. The van der Waals surface area contributed by atoms with Gasteiger partial charge in [0.25, 0.3) is 26.2 Å². The highest BCUT2D eigenvalue weighted by molar-refractivity contribution is 5.70. The van der Waals surface area contributed by atoms with Crippen LogP contribution in [0.15, 0.2) is 0 Å². The van der Waals surface area contributed by atoms with Crippen LogP contribution < -0.4 is 5.73 Å². The Kier molecular flexibility index (Phi) is 12.8. The van der Waals surface area contributed by atoms with Gasteiger partial charge < -0.3 is 25.1 Å². The third-order valence-corrected chi connectivity index (χ3v) is 3.71. The number of esters is 2. The molecular weight excluding hydrogens is 342 g/mol. The van der Waals surface area contributed by atoms with E-state index in [1.165, 1.54) is 0 Å². The third kappa shape index (κ3) is 10.6. The zero-order chi connectivity index (χ0) is 19.8. The summed E-state index contributed by atoms with van der Waals surface area (Å²) in [5.74, 6) is -0.958. The van der Waals surface area contributed by atoms with E-state index in [1.54, 1.807) is 0 Å². The highest BCUT2D eigenvalue weighted by Gasteiger charge is 2.34. The van der Waals surface area contributed by atoms with Gasteiger partial charge in [0.05, 0.1) is 12.0 Å². The number of carbonyl (C=O) groups excluding carboxylic acids is 2. The molecular formula is C17H29N3O6+2. The Bertz CT molecular complexity index is 478. The molecule has 3 N–H and O–H groups in total. The lowest BCUT2D eigenvalue weighted by Crippen LogP contribution is -2.40. The second kappa shape index (κ2) is 14.0. The lowest BCUT2D eigenvalue weighted by Gasteiger charge is -2.32. The van der Waals surface area contributed by atoms with E-state index in [0.717, 1.165) is 0 Å². The maximum absolute atomic E-state index is 11.7. The Morgan fingerprint density at radius 2 is 1.58 bits per heavy atom. The molecule has 0 aromatic rings. The van der Waals surface area contributed by atoms with E-state index in [4.69, 9.17) is 33.1 Å². The smallest absolute Gasteiger partial charge is 0.313 e. The van der Waals surface area contributed by atoms with Gasteiger partial charge in [-0.25, -0.2) is 0 Å². The Morgan fingerprint density at radius 1 is 1.08 bits per heavy atom. The summed E-state index contributed by atoms with van der Waals surface area (Å²) in [6, 6.07) is 0. The molecule has 0 rings (SSSR count). The summed E-state index contributed by atoms with van der Waals surface area (Å²) >= 11 is 0. The first-order valence-electron chi connectivity index (χ1n) is 8.47. The molecule has 26 heavy (non-hydrogen) atoms. The molecule has 0 amide bonds. The van der Waals surface area contributed by atoms with Crippen molar-refractivity contribution in [3.63, 3.8) is 0 Å². The van der Waals surface area contributed by atoms with Crippen molar-refractivity contribution in [1.82, 2.24) is 0 Å². The van der Waals surface area contributed by atoms with Crippen molar-refractivity contribution in [2.24, 2.45) is 11.1 Å². The first-order chi connectivity index (χ1) is 12.4. The van der Waals surface area contributed by atoms with Gasteiger partial charge in [-0.3, -0.25) is 9.59 Å². The Labute approximate surface area is 154 Å². The predicted molar refractivity (Wildman–Crippen MR) is 95.8 cm³/mol. The molecule has 0 spiro atoms. The van der Waals surface area contributed by atoms with Gasteiger partial charge in [0, 0.05) is 6.42 Å². The van der Waals surface area contributed by atoms with Crippen molar-refractivity contribution >= 4 is 11.9 Å². The van der Waals surface area contributed by atoms with Crippen molar-refractivity contribution in [3.8, 4) is 13.1 Å². The highest BCUT2D eigenvalue weighted by atomic mass is 16.6. The average molecular weight is 371 g/mol. The lowest BCUT2D eigenvalue weighted by molar-refractivity contribution is -0.170. The van der Waals surface area contributed by atoms with Crippen LogP contribution in [0.2, 0.25) is 0 Å². The van der Waals surface area contributed by atoms with Crippen molar-refractivity contribution in [3.05, 3.63) is 9.69 Å². The molecule has 9 heteroatoms. The maximum atomic E-state index is 11.7. The lowest BCUT2D eigenvalue weighted by atomic mass is 9.88. The Balaban J connectivity index is 4.84. The van der Waals surface area contributed by atoms with E-state index in [2.05, 4.69) is 9.69 Å². The van der Waals surface area contributed by atoms with Gasteiger partial charge in [-0.1, -0.05) is 16.6 Å². The number of hydrogen-bond acceptors (Lipinski definition) is 7. The molecule has 0 fully saturated rings. The summed E-state index contributed by atoms with van der Waals surface area (Å²) in [4.78, 5) is 30.1. The topological polar surface area (TPSA) is 117 Å². The molecule has 1 unspecified atom stereocenters. The molecule has 0 saturated carbocycles. The van der Waals surface area contributed by atoms with Crippen LogP contribution in [0, 0.1) is 18.6 Å². The number of nitrogens with zero attached hydrogens (tertiary/aromatic N) is 2. The fourth-order valence-electron chi connectivity index (χ4n) is 1.85. The number of ether oxygens (including phenoxy) is 3. The van der Waals surface area contributed by atoms with Gasteiger partial charge in [-0.15, -0.1) is 0 Å². The third-order valence-electron chi connectivity index (χ3n) is 3.71. The monoisotopic (exact) mass is 371 g/mol. The van der Waals surface area contributed by atoms with Crippen molar-refractivity contribution in [1.29, 1.82) is 0 Å². The molecule has 0 aromatic carbocycles. The molecule has 0 aliphatic heterocycles. The summed E-state index contributed by atoms with van der Waals surface area (Å²) in [5.41, 5.74) is 4.57. The number of aliphatic hydroxyl groups excluding tert-OH is 1. The number of nitrogens with two attached hydrogens (primary N) is 1. The molecule has 146 valence electrons. The zero-order valence-electron chi connectivity index (χ0n) is 15.3. The first-order valence-corrected chi connectivity index (χ1v) is 8.47. The van der Waals surface area contributed by atoms with Crippen LogP contribution >= 0.6 is 0 Å². The summed E-state index contributed by atoms with van der Waals surface area (Å²) in [7, 11) is 0. The van der Waals surface area contributed by atoms with Gasteiger partial charge in [-0.05, 0) is 13.0 Å². The molecule has 0 aromatic heterocycles. The number of aliphatic hydroxyl groups is 1. The van der Waals surface area contributed by atoms with Crippen molar-refractivity contribution in [2.45, 2.75) is 38.9 Å². The summed E-state index contributed by atoms with van der Waals surface area (Å²) in [5, 5.41) is 9.72. The number of carbonyl (C=O) groups is 2. The van der Waals surface area contributed by atoms with E-state index >= 15 is 0 Å². The zero-order valence-corrected chi connectivity index (χ0v) is 15.3. The van der Waals surface area contributed by atoms with Crippen LogP contribution in [0.4, 0.5) is 0 Å². The van der Waals surface area contributed by atoms with Gasteiger partial charge in [0.15, 0.2) is 6.29 Å². The predicted octanol–water partition coefficient (Wildman–Crippen LogP) is 0.859. The van der Waals surface area contributed by atoms with Crippen molar-refractivity contribution < 1.29 is 28.9 Å². The fraction of sp³-hybridized carbons (Fsp3) is 0.765. The molecule has 0 heterocycles. The SMILES string of the molecule is C#[N+]CCC(=O)OCC(CC)(COC(=O)CC[N+]#C)COC(O)CCN. The first kappa shape index (κ1) is 23.8. The summed E-state index contributed by atoms with van der Waals surface area (Å²) in [6.45, 7) is 12.3. The largest absolute Gasteiger partial charge is 0.465 e. The number of hydrogen-bond donors (Lipinski definition) is 2. The second-order valence-electron chi connectivity index (χ2n) is 5.83. The van der Waals surface area contributed by atoms with Crippen LogP contribution in [-0.4, -0.2) is 62.8 Å². The minimum absolute atomic E-state index is 0.0216. The van der Waals surface area contributed by atoms with E-state index in [-0.39, 0.29) is 58.7 Å².